The number of carbonyl (C=O) groups is 3. The number of carbonyl (C=O) groups excluding carboxylic acids is 3. The Morgan fingerprint density at radius 2 is 1.74 bits per heavy atom. The van der Waals surface area contributed by atoms with Crippen molar-refractivity contribution in [3.05, 3.63) is 11.8 Å². The first kappa shape index (κ1) is 19.2. The minimum atomic E-state index is -0.455. The van der Waals surface area contributed by atoms with Crippen molar-refractivity contribution in [2.45, 2.75) is 39.8 Å². The van der Waals surface area contributed by atoms with E-state index in [0.29, 0.717) is 0 Å². The lowest BCUT2D eigenvalue weighted by atomic mass is 9.99. The van der Waals surface area contributed by atoms with Crippen molar-refractivity contribution >= 4 is 17.8 Å². The first-order valence-corrected chi connectivity index (χ1v) is 7.83. The van der Waals surface area contributed by atoms with Gasteiger partial charge >= 0.3 is 6.03 Å². The predicted molar refractivity (Wildman–Crippen MR) is 88.5 cm³/mol. The average Bonchev–Trinajstić information content (AvgIpc) is 2.63. The van der Waals surface area contributed by atoms with Crippen molar-refractivity contribution in [2.75, 3.05) is 21.1 Å². The highest BCUT2D eigenvalue weighted by Gasteiger charge is 2.32. The zero-order chi connectivity index (χ0) is 17.9. The van der Waals surface area contributed by atoms with Crippen LogP contribution in [0.3, 0.4) is 0 Å². The number of likely N-dealkylation sites (N-methyl/N-ethyl adjacent to an activating group) is 2. The monoisotopic (exact) mass is 324 g/mol. The molecule has 2 N–H and O–H groups in total. The van der Waals surface area contributed by atoms with Crippen molar-refractivity contribution in [1.82, 2.24) is 20.4 Å². The van der Waals surface area contributed by atoms with Gasteiger partial charge in [-0.25, -0.2) is 4.79 Å². The Morgan fingerprint density at radius 3 is 2.09 bits per heavy atom. The van der Waals surface area contributed by atoms with E-state index in [2.05, 4.69) is 10.6 Å². The topological polar surface area (TPSA) is 81.8 Å². The fourth-order valence-electron chi connectivity index (χ4n) is 2.65. The molecule has 23 heavy (non-hydrogen) atoms. The number of nitrogens with zero attached hydrogens (tertiary/aromatic N) is 2. The third kappa shape index (κ3) is 4.54. The van der Waals surface area contributed by atoms with E-state index in [1.807, 2.05) is 46.7 Å². The van der Waals surface area contributed by atoms with Gasteiger partial charge in [0.15, 0.2) is 0 Å². The number of urea groups is 1. The Hall–Kier alpha value is -1.89. The van der Waals surface area contributed by atoms with Crippen LogP contribution in [0, 0.1) is 11.8 Å². The first-order chi connectivity index (χ1) is 10.6. The summed E-state index contributed by atoms with van der Waals surface area (Å²) >= 11 is 0. The maximum Gasteiger partial charge on any atom is 0.328 e. The molecule has 1 heterocycles. The van der Waals surface area contributed by atoms with Crippen molar-refractivity contribution in [2.24, 2.45) is 11.8 Å². The van der Waals surface area contributed by atoms with Gasteiger partial charge in [0.05, 0.1) is 12.1 Å². The van der Waals surface area contributed by atoms with E-state index in [4.69, 9.17) is 0 Å². The molecule has 4 amide bonds. The average molecular weight is 324 g/mol. The van der Waals surface area contributed by atoms with Crippen LogP contribution in [0.2, 0.25) is 0 Å². The van der Waals surface area contributed by atoms with E-state index >= 15 is 0 Å². The summed E-state index contributed by atoms with van der Waals surface area (Å²) in [5.74, 6) is -0.291. The Balaban J connectivity index is 2.98. The molecule has 0 unspecified atom stereocenters. The van der Waals surface area contributed by atoms with Crippen LogP contribution in [-0.2, 0) is 9.59 Å². The molecule has 7 heteroatoms. The van der Waals surface area contributed by atoms with Crippen molar-refractivity contribution in [1.29, 1.82) is 0 Å². The maximum atomic E-state index is 12.6. The number of amides is 4. The maximum absolute atomic E-state index is 12.6. The van der Waals surface area contributed by atoms with Gasteiger partial charge in [0.2, 0.25) is 5.91 Å². The number of rotatable bonds is 6. The largest absolute Gasteiger partial charge is 0.348 e. The molecule has 0 saturated carbocycles. The van der Waals surface area contributed by atoms with Gasteiger partial charge < -0.3 is 5.32 Å². The summed E-state index contributed by atoms with van der Waals surface area (Å²) in [6.45, 7) is 7.89. The quantitative estimate of drug-likeness (QED) is 0.559. The second-order valence-corrected chi connectivity index (χ2v) is 6.80. The number of hydrogen-bond donors (Lipinski definition) is 2. The molecule has 1 aliphatic rings. The second-order valence-electron chi connectivity index (χ2n) is 6.80. The van der Waals surface area contributed by atoms with Crippen molar-refractivity contribution in [3.8, 4) is 0 Å². The number of imide groups is 1. The van der Waals surface area contributed by atoms with E-state index in [-0.39, 0.29) is 35.5 Å². The van der Waals surface area contributed by atoms with Crippen LogP contribution in [0.15, 0.2) is 11.8 Å². The summed E-state index contributed by atoms with van der Waals surface area (Å²) in [5.41, 5.74) is 0.264. The van der Waals surface area contributed by atoms with E-state index in [0.717, 1.165) is 0 Å². The fourth-order valence-corrected chi connectivity index (χ4v) is 2.65. The van der Waals surface area contributed by atoms with Crippen LogP contribution in [0.5, 0.6) is 0 Å². The van der Waals surface area contributed by atoms with Gasteiger partial charge in [-0.3, -0.25) is 24.7 Å². The van der Waals surface area contributed by atoms with Crippen LogP contribution in [-0.4, -0.2) is 60.9 Å². The van der Waals surface area contributed by atoms with Crippen molar-refractivity contribution in [3.63, 3.8) is 0 Å². The molecule has 0 radical (unpaired) electrons. The number of nitrogens with one attached hydrogen (secondary N) is 2. The van der Waals surface area contributed by atoms with E-state index in [1.54, 1.807) is 6.08 Å². The van der Waals surface area contributed by atoms with Crippen LogP contribution in [0.4, 0.5) is 4.79 Å². The summed E-state index contributed by atoms with van der Waals surface area (Å²) in [4.78, 5) is 39.1. The summed E-state index contributed by atoms with van der Waals surface area (Å²) in [6.07, 6.45) is 1.65. The molecule has 1 saturated heterocycles. The standard InChI is InChI=1S/C16H28N4O3/c1-9(2)11(8-12-14(21)18-16(23)20(12)7)17-15(22)13(10(3)4)19(5)6/h8-11,13H,1-7H3,(H,17,22)(H,18,21,23)/b12-8-/t11-,13+/m1/s1. The summed E-state index contributed by atoms with van der Waals surface area (Å²) < 4.78 is 0. The molecule has 0 aromatic carbocycles. The normalized spacial score (nSPS) is 19.7. The fraction of sp³-hybridized carbons (Fsp3) is 0.688. The van der Waals surface area contributed by atoms with Crippen LogP contribution in [0.1, 0.15) is 27.7 Å². The Labute approximate surface area is 138 Å². The highest BCUT2D eigenvalue weighted by molar-refractivity contribution is 6.11. The zero-order valence-electron chi connectivity index (χ0n) is 15.0. The SMILES string of the molecule is CC(C)[C@@H](C(=O)N[C@H](/C=C1/C(=O)NC(=O)N1C)C(C)C)N(C)C. The molecule has 0 aromatic rings. The highest BCUT2D eigenvalue weighted by Crippen LogP contribution is 2.15. The van der Waals surface area contributed by atoms with Gasteiger partial charge in [-0.2, -0.15) is 0 Å². The van der Waals surface area contributed by atoms with E-state index in [1.165, 1.54) is 11.9 Å². The van der Waals surface area contributed by atoms with Crippen molar-refractivity contribution < 1.29 is 14.4 Å². The molecule has 7 nitrogen and oxygen atoms in total. The lowest BCUT2D eigenvalue weighted by Crippen LogP contribution is -2.50. The van der Waals surface area contributed by atoms with Gasteiger partial charge in [-0.1, -0.05) is 27.7 Å². The predicted octanol–water partition coefficient (Wildman–Crippen LogP) is 0.779. The molecule has 2 atom stereocenters. The lowest BCUT2D eigenvalue weighted by Gasteiger charge is -2.29. The Kier molecular flexibility index (Phi) is 6.32. The molecule has 1 fully saturated rings. The highest BCUT2D eigenvalue weighted by atomic mass is 16.2. The van der Waals surface area contributed by atoms with E-state index in [9.17, 15) is 14.4 Å². The van der Waals surface area contributed by atoms with Crippen LogP contribution >= 0.6 is 0 Å². The molecular weight excluding hydrogens is 296 g/mol. The molecular formula is C16H28N4O3. The second kappa shape index (κ2) is 7.59. The minimum absolute atomic E-state index is 0.0818. The summed E-state index contributed by atoms with van der Waals surface area (Å²) in [6, 6.07) is -1.05. The lowest BCUT2D eigenvalue weighted by molar-refractivity contribution is -0.127. The Bertz CT molecular complexity index is 503. The molecule has 1 aliphatic heterocycles. The summed E-state index contributed by atoms with van der Waals surface area (Å²) in [5, 5.41) is 5.22. The molecule has 0 aromatic heterocycles. The zero-order valence-corrected chi connectivity index (χ0v) is 15.0. The molecule has 0 bridgehead atoms. The molecule has 1 rings (SSSR count). The van der Waals surface area contributed by atoms with Crippen LogP contribution in [0.25, 0.3) is 0 Å². The third-order valence-electron chi connectivity index (χ3n) is 3.94. The molecule has 0 aliphatic carbocycles. The first-order valence-electron chi connectivity index (χ1n) is 7.83. The molecule has 130 valence electrons. The molecule has 0 spiro atoms. The van der Waals surface area contributed by atoms with Gasteiger partial charge in [0.25, 0.3) is 5.91 Å². The minimum Gasteiger partial charge on any atom is -0.348 e. The van der Waals surface area contributed by atoms with E-state index < -0.39 is 11.9 Å². The van der Waals surface area contributed by atoms with Gasteiger partial charge in [-0.05, 0) is 32.0 Å². The Morgan fingerprint density at radius 1 is 1.17 bits per heavy atom. The van der Waals surface area contributed by atoms with Crippen LogP contribution < -0.4 is 10.6 Å². The summed E-state index contributed by atoms with van der Waals surface area (Å²) in [7, 11) is 5.26. The third-order valence-corrected chi connectivity index (χ3v) is 3.94. The van der Waals surface area contributed by atoms with Gasteiger partial charge in [0, 0.05) is 7.05 Å². The van der Waals surface area contributed by atoms with Gasteiger partial charge in [0.1, 0.15) is 5.70 Å². The van der Waals surface area contributed by atoms with Gasteiger partial charge in [-0.15, -0.1) is 0 Å². The number of hydrogen-bond acceptors (Lipinski definition) is 4. The smallest absolute Gasteiger partial charge is 0.328 e.